The van der Waals surface area contributed by atoms with Crippen LogP contribution in [0.3, 0.4) is 0 Å². The SMILES string of the molecule is NSc1ccc(CC(C(=O)CC2CC2)C(=O)c2ccc(F)cc2)cc1F. The Morgan fingerprint density at radius 1 is 1.12 bits per heavy atom. The van der Waals surface area contributed by atoms with Crippen molar-refractivity contribution >= 4 is 23.5 Å². The lowest BCUT2D eigenvalue weighted by molar-refractivity contribution is -0.121. The summed E-state index contributed by atoms with van der Waals surface area (Å²) in [6.45, 7) is 0. The predicted molar refractivity (Wildman–Crippen MR) is 96.7 cm³/mol. The molecule has 1 saturated carbocycles. The van der Waals surface area contributed by atoms with Crippen LogP contribution in [0.1, 0.15) is 35.2 Å². The summed E-state index contributed by atoms with van der Waals surface area (Å²) >= 11 is 0.806. The molecule has 0 aliphatic heterocycles. The number of benzene rings is 2. The van der Waals surface area contributed by atoms with Crippen LogP contribution >= 0.6 is 11.9 Å². The van der Waals surface area contributed by atoms with Gasteiger partial charge >= 0.3 is 0 Å². The van der Waals surface area contributed by atoms with E-state index in [1.165, 1.54) is 30.3 Å². The summed E-state index contributed by atoms with van der Waals surface area (Å²) in [5.41, 5.74) is 0.847. The van der Waals surface area contributed by atoms with Crippen LogP contribution in [0.4, 0.5) is 8.78 Å². The summed E-state index contributed by atoms with van der Waals surface area (Å²) in [5, 5.41) is 5.39. The molecule has 0 bridgehead atoms. The molecule has 6 heteroatoms. The number of hydrogen-bond acceptors (Lipinski definition) is 4. The van der Waals surface area contributed by atoms with E-state index in [0.717, 1.165) is 24.8 Å². The highest BCUT2D eigenvalue weighted by atomic mass is 32.2. The van der Waals surface area contributed by atoms with Crippen LogP contribution in [0, 0.1) is 23.5 Å². The molecule has 1 unspecified atom stereocenters. The summed E-state index contributed by atoms with van der Waals surface area (Å²) in [5.74, 6) is -1.96. The van der Waals surface area contributed by atoms with Crippen molar-refractivity contribution in [2.75, 3.05) is 0 Å². The van der Waals surface area contributed by atoms with E-state index in [4.69, 9.17) is 5.14 Å². The number of halogens is 2. The lowest BCUT2D eigenvalue weighted by Gasteiger charge is -2.16. The molecule has 2 aromatic rings. The molecule has 1 fully saturated rings. The fraction of sp³-hybridized carbons (Fsp3) is 0.300. The van der Waals surface area contributed by atoms with Crippen molar-refractivity contribution in [3.8, 4) is 0 Å². The summed E-state index contributed by atoms with van der Waals surface area (Å²) in [6, 6.07) is 9.68. The van der Waals surface area contributed by atoms with Crippen LogP contribution in [-0.4, -0.2) is 11.6 Å². The topological polar surface area (TPSA) is 60.2 Å². The normalized spacial score (nSPS) is 14.9. The Morgan fingerprint density at radius 3 is 2.38 bits per heavy atom. The monoisotopic (exact) mass is 375 g/mol. The summed E-state index contributed by atoms with van der Waals surface area (Å²) in [4.78, 5) is 25.8. The molecule has 0 spiro atoms. The smallest absolute Gasteiger partial charge is 0.173 e. The number of hydrogen-bond donors (Lipinski definition) is 1. The molecule has 0 heterocycles. The summed E-state index contributed by atoms with van der Waals surface area (Å²) in [7, 11) is 0. The first-order valence-corrected chi connectivity index (χ1v) is 9.33. The molecular formula is C20H19F2NO2S. The van der Waals surface area contributed by atoms with Gasteiger partial charge in [0, 0.05) is 12.0 Å². The number of rotatable bonds is 8. The zero-order valence-corrected chi connectivity index (χ0v) is 14.9. The van der Waals surface area contributed by atoms with Crippen molar-refractivity contribution in [1.29, 1.82) is 0 Å². The Morgan fingerprint density at radius 2 is 1.81 bits per heavy atom. The number of carbonyl (C=O) groups excluding carboxylic acids is 2. The van der Waals surface area contributed by atoms with Gasteiger partial charge in [-0.05, 0) is 79.1 Å². The Kier molecular flexibility index (Phi) is 5.84. The summed E-state index contributed by atoms with van der Waals surface area (Å²) in [6.07, 6.45) is 2.48. The van der Waals surface area contributed by atoms with Crippen molar-refractivity contribution < 1.29 is 18.4 Å². The number of Topliss-reactive ketones (excluding diaryl/α,β-unsaturated/α-hetero) is 2. The molecular weight excluding hydrogens is 356 g/mol. The molecule has 2 aromatic carbocycles. The van der Waals surface area contributed by atoms with Crippen LogP contribution in [0.25, 0.3) is 0 Å². The van der Waals surface area contributed by atoms with Gasteiger partial charge in [-0.3, -0.25) is 14.7 Å². The maximum atomic E-state index is 14.0. The standard InChI is InChI=1S/C20H19F2NO2S/c21-15-6-4-14(5-7-15)20(25)16(18(24)11-12-1-2-12)9-13-3-8-19(26-23)17(22)10-13/h3-8,10,12,16H,1-2,9,11,23H2. The van der Waals surface area contributed by atoms with E-state index in [1.807, 2.05) is 0 Å². The lowest BCUT2D eigenvalue weighted by Crippen LogP contribution is -2.27. The molecule has 1 aliphatic carbocycles. The molecule has 136 valence electrons. The highest BCUT2D eigenvalue weighted by Crippen LogP contribution is 2.34. The van der Waals surface area contributed by atoms with E-state index >= 15 is 0 Å². The largest absolute Gasteiger partial charge is 0.299 e. The molecule has 26 heavy (non-hydrogen) atoms. The van der Waals surface area contributed by atoms with Gasteiger partial charge < -0.3 is 0 Å². The van der Waals surface area contributed by atoms with Crippen molar-refractivity contribution in [3.63, 3.8) is 0 Å². The third-order valence-corrected chi connectivity index (χ3v) is 5.17. The first-order valence-electron chi connectivity index (χ1n) is 8.45. The molecule has 2 N–H and O–H groups in total. The fourth-order valence-corrected chi connectivity index (χ4v) is 3.24. The van der Waals surface area contributed by atoms with Gasteiger partial charge in [0.15, 0.2) is 5.78 Å². The van der Waals surface area contributed by atoms with Crippen molar-refractivity contribution in [3.05, 3.63) is 65.2 Å². The van der Waals surface area contributed by atoms with Crippen LogP contribution < -0.4 is 5.14 Å². The third-order valence-electron chi connectivity index (χ3n) is 4.58. The van der Waals surface area contributed by atoms with Crippen molar-refractivity contribution in [2.24, 2.45) is 17.0 Å². The molecule has 0 aromatic heterocycles. The molecule has 3 rings (SSSR count). The van der Waals surface area contributed by atoms with Crippen LogP contribution in [0.5, 0.6) is 0 Å². The lowest BCUT2D eigenvalue weighted by atomic mass is 9.86. The minimum absolute atomic E-state index is 0.119. The predicted octanol–water partition coefficient (Wildman–Crippen LogP) is 4.34. The van der Waals surface area contributed by atoms with E-state index in [0.29, 0.717) is 22.8 Å². The molecule has 1 atom stereocenters. The first kappa shape index (κ1) is 18.7. The van der Waals surface area contributed by atoms with E-state index in [-0.39, 0.29) is 23.6 Å². The Balaban J connectivity index is 1.84. The minimum Gasteiger partial charge on any atom is -0.299 e. The fourth-order valence-electron chi connectivity index (χ4n) is 2.92. The molecule has 3 nitrogen and oxygen atoms in total. The molecule has 0 saturated heterocycles. The minimum atomic E-state index is -0.892. The Hall–Kier alpha value is -2.05. The van der Waals surface area contributed by atoms with Gasteiger partial charge in [0.1, 0.15) is 17.4 Å². The molecule has 1 aliphatic rings. The van der Waals surface area contributed by atoms with Gasteiger partial charge in [-0.15, -0.1) is 0 Å². The quantitative estimate of drug-likeness (QED) is 0.424. The third kappa shape index (κ3) is 4.56. The van der Waals surface area contributed by atoms with Gasteiger partial charge in [0.2, 0.25) is 0 Å². The number of carbonyl (C=O) groups is 2. The zero-order chi connectivity index (χ0) is 18.7. The number of ketones is 2. The zero-order valence-electron chi connectivity index (χ0n) is 14.1. The average Bonchev–Trinajstić information content (AvgIpc) is 3.44. The maximum Gasteiger partial charge on any atom is 0.173 e. The highest BCUT2D eigenvalue weighted by Gasteiger charge is 2.33. The van der Waals surface area contributed by atoms with E-state index in [2.05, 4.69) is 0 Å². The van der Waals surface area contributed by atoms with Crippen LogP contribution in [0.15, 0.2) is 47.4 Å². The average molecular weight is 375 g/mol. The van der Waals surface area contributed by atoms with Crippen LogP contribution in [-0.2, 0) is 11.2 Å². The van der Waals surface area contributed by atoms with Gasteiger partial charge in [-0.25, -0.2) is 8.78 Å². The molecule has 0 radical (unpaired) electrons. The van der Waals surface area contributed by atoms with E-state index in [9.17, 15) is 18.4 Å². The Labute approximate surface area is 155 Å². The van der Waals surface area contributed by atoms with Crippen molar-refractivity contribution in [1.82, 2.24) is 0 Å². The molecule has 0 amide bonds. The van der Waals surface area contributed by atoms with Gasteiger partial charge in [0.05, 0.1) is 10.8 Å². The second kappa shape index (κ2) is 8.10. The van der Waals surface area contributed by atoms with Gasteiger partial charge in [0.25, 0.3) is 0 Å². The summed E-state index contributed by atoms with van der Waals surface area (Å²) < 4.78 is 27.1. The maximum absolute atomic E-state index is 14.0. The first-order chi connectivity index (χ1) is 12.5. The van der Waals surface area contributed by atoms with Gasteiger partial charge in [-0.2, -0.15) is 0 Å². The van der Waals surface area contributed by atoms with Crippen LogP contribution in [0.2, 0.25) is 0 Å². The number of nitrogens with two attached hydrogens (primary N) is 1. The second-order valence-electron chi connectivity index (χ2n) is 6.62. The van der Waals surface area contributed by atoms with Gasteiger partial charge in [-0.1, -0.05) is 6.07 Å². The van der Waals surface area contributed by atoms with E-state index in [1.54, 1.807) is 12.1 Å². The van der Waals surface area contributed by atoms with Crippen molar-refractivity contribution in [2.45, 2.75) is 30.6 Å². The highest BCUT2D eigenvalue weighted by molar-refractivity contribution is 7.97. The second-order valence-corrected chi connectivity index (χ2v) is 7.30. The van der Waals surface area contributed by atoms with E-state index < -0.39 is 17.6 Å². The Bertz CT molecular complexity index is 819.